The number of tetrazole rings is 1. The van der Waals surface area contributed by atoms with Gasteiger partial charge < -0.3 is 5.32 Å². The summed E-state index contributed by atoms with van der Waals surface area (Å²) in [6, 6.07) is 11.0. The van der Waals surface area contributed by atoms with Crippen molar-refractivity contribution in [2.45, 2.75) is 0 Å². The Morgan fingerprint density at radius 1 is 1.23 bits per heavy atom. The summed E-state index contributed by atoms with van der Waals surface area (Å²) in [4.78, 5) is 12.4. The lowest BCUT2D eigenvalue weighted by molar-refractivity contribution is 0.102. The van der Waals surface area contributed by atoms with Gasteiger partial charge in [-0.15, -0.1) is 5.10 Å². The van der Waals surface area contributed by atoms with Gasteiger partial charge in [0.15, 0.2) is 0 Å². The fourth-order valence-corrected chi connectivity index (χ4v) is 2.32. The van der Waals surface area contributed by atoms with E-state index in [2.05, 4.69) is 36.8 Å². The highest BCUT2D eigenvalue weighted by Crippen LogP contribution is 2.19. The third kappa shape index (κ3) is 3.01. The van der Waals surface area contributed by atoms with Crippen LogP contribution in [0.15, 0.2) is 53.3 Å². The van der Waals surface area contributed by atoms with Gasteiger partial charge in [-0.1, -0.05) is 22.0 Å². The van der Waals surface area contributed by atoms with Crippen molar-refractivity contribution in [3.8, 4) is 5.69 Å². The number of rotatable bonds is 3. The second kappa shape index (κ2) is 6.02. The summed E-state index contributed by atoms with van der Waals surface area (Å²) in [5, 5.41) is 13.4. The molecule has 0 bridgehead atoms. The van der Waals surface area contributed by atoms with Crippen LogP contribution in [0.2, 0.25) is 0 Å². The van der Waals surface area contributed by atoms with E-state index >= 15 is 0 Å². The average molecular weight is 362 g/mol. The summed E-state index contributed by atoms with van der Waals surface area (Å²) in [5.41, 5.74) is 1.14. The predicted molar refractivity (Wildman–Crippen MR) is 81.2 cm³/mol. The molecule has 0 atom stereocenters. The number of aromatic nitrogens is 4. The van der Waals surface area contributed by atoms with E-state index in [9.17, 15) is 9.18 Å². The third-order valence-corrected chi connectivity index (χ3v) is 3.38. The molecule has 0 saturated carbocycles. The average Bonchev–Trinajstić information content (AvgIpc) is 3.01. The fourth-order valence-electron chi connectivity index (χ4n) is 1.92. The second-order valence-corrected chi connectivity index (χ2v) is 5.30. The maximum absolute atomic E-state index is 13.5. The Kier molecular flexibility index (Phi) is 3.92. The molecular weight excluding hydrogens is 353 g/mol. The molecule has 0 unspecified atom stereocenters. The van der Waals surface area contributed by atoms with Gasteiger partial charge in [0.25, 0.3) is 5.91 Å². The van der Waals surface area contributed by atoms with E-state index in [0.717, 1.165) is 4.47 Å². The smallest absolute Gasteiger partial charge is 0.257 e. The molecule has 1 amide bonds. The zero-order valence-corrected chi connectivity index (χ0v) is 12.7. The molecule has 0 fully saturated rings. The molecule has 6 nitrogen and oxygen atoms in total. The molecular formula is C14H9BrFN5O. The standard InChI is InChI=1S/C14H9BrFN5O/c15-9-2-1-3-11(6-9)18-14(22)12-5-4-10(16)7-13(12)21-8-17-19-20-21/h1-8H,(H,18,22). The number of carbonyl (C=O) groups excluding carboxylic acids is 1. The van der Waals surface area contributed by atoms with Gasteiger partial charge in [0.05, 0.1) is 11.3 Å². The van der Waals surface area contributed by atoms with Gasteiger partial charge in [-0.2, -0.15) is 4.68 Å². The number of carbonyl (C=O) groups is 1. The van der Waals surface area contributed by atoms with Crippen LogP contribution in [0.25, 0.3) is 5.69 Å². The number of amides is 1. The molecule has 0 spiro atoms. The van der Waals surface area contributed by atoms with Crippen molar-refractivity contribution in [2.24, 2.45) is 0 Å². The number of nitrogens with one attached hydrogen (secondary N) is 1. The lowest BCUT2D eigenvalue weighted by Crippen LogP contribution is -2.15. The zero-order chi connectivity index (χ0) is 15.5. The first-order chi connectivity index (χ1) is 10.6. The Labute approximate surface area is 133 Å². The minimum Gasteiger partial charge on any atom is -0.322 e. The van der Waals surface area contributed by atoms with E-state index in [1.165, 1.54) is 29.2 Å². The van der Waals surface area contributed by atoms with Gasteiger partial charge in [0, 0.05) is 16.2 Å². The summed E-state index contributed by atoms with van der Waals surface area (Å²) in [7, 11) is 0. The molecule has 0 radical (unpaired) electrons. The van der Waals surface area contributed by atoms with Crippen molar-refractivity contribution in [3.63, 3.8) is 0 Å². The first-order valence-corrected chi connectivity index (χ1v) is 7.02. The van der Waals surface area contributed by atoms with E-state index in [-0.39, 0.29) is 17.2 Å². The minimum atomic E-state index is -0.482. The number of anilines is 1. The molecule has 1 aromatic heterocycles. The lowest BCUT2D eigenvalue weighted by atomic mass is 10.1. The summed E-state index contributed by atoms with van der Waals surface area (Å²) in [6.45, 7) is 0. The molecule has 0 aliphatic carbocycles. The number of nitrogens with zero attached hydrogens (tertiary/aromatic N) is 4. The lowest BCUT2D eigenvalue weighted by Gasteiger charge is -2.10. The Morgan fingerprint density at radius 2 is 2.09 bits per heavy atom. The van der Waals surface area contributed by atoms with Crippen LogP contribution in [0, 0.1) is 5.82 Å². The van der Waals surface area contributed by atoms with Crippen LogP contribution in [0.1, 0.15) is 10.4 Å². The number of hydrogen-bond donors (Lipinski definition) is 1. The number of halogens is 2. The van der Waals surface area contributed by atoms with Crippen LogP contribution >= 0.6 is 15.9 Å². The Bertz CT molecular complexity index is 822. The van der Waals surface area contributed by atoms with Crippen molar-refractivity contribution in [1.29, 1.82) is 0 Å². The topological polar surface area (TPSA) is 72.7 Å². The summed E-state index contributed by atoms with van der Waals surface area (Å²) in [6.07, 6.45) is 1.30. The van der Waals surface area contributed by atoms with Crippen molar-refractivity contribution in [2.75, 3.05) is 5.32 Å². The van der Waals surface area contributed by atoms with Crippen LogP contribution in [-0.4, -0.2) is 26.1 Å². The molecule has 1 N–H and O–H groups in total. The van der Waals surface area contributed by atoms with Gasteiger partial charge >= 0.3 is 0 Å². The van der Waals surface area contributed by atoms with E-state index in [4.69, 9.17) is 0 Å². The predicted octanol–water partition coefficient (Wildman–Crippen LogP) is 2.82. The van der Waals surface area contributed by atoms with E-state index < -0.39 is 5.82 Å². The maximum atomic E-state index is 13.5. The van der Waals surface area contributed by atoms with Gasteiger partial charge in [-0.25, -0.2) is 4.39 Å². The zero-order valence-electron chi connectivity index (χ0n) is 11.1. The Morgan fingerprint density at radius 3 is 2.82 bits per heavy atom. The summed E-state index contributed by atoms with van der Waals surface area (Å²) in [5.74, 6) is -0.867. The molecule has 0 aliphatic heterocycles. The van der Waals surface area contributed by atoms with Crippen molar-refractivity contribution in [3.05, 3.63) is 64.6 Å². The molecule has 3 rings (SSSR count). The molecule has 1 heterocycles. The molecule has 0 saturated heterocycles. The minimum absolute atomic E-state index is 0.258. The molecule has 110 valence electrons. The van der Waals surface area contributed by atoms with Crippen molar-refractivity contribution < 1.29 is 9.18 Å². The van der Waals surface area contributed by atoms with E-state index in [0.29, 0.717) is 5.69 Å². The van der Waals surface area contributed by atoms with Crippen molar-refractivity contribution >= 4 is 27.5 Å². The van der Waals surface area contributed by atoms with Crippen LogP contribution in [0.4, 0.5) is 10.1 Å². The fraction of sp³-hybridized carbons (Fsp3) is 0. The normalized spacial score (nSPS) is 10.5. The molecule has 3 aromatic rings. The monoisotopic (exact) mass is 361 g/mol. The molecule has 8 heteroatoms. The quantitative estimate of drug-likeness (QED) is 0.778. The van der Waals surface area contributed by atoms with Gasteiger partial charge in [-0.3, -0.25) is 4.79 Å². The van der Waals surface area contributed by atoms with Gasteiger partial charge in [0.2, 0.25) is 0 Å². The molecule has 22 heavy (non-hydrogen) atoms. The highest BCUT2D eigenvalue weighted by Gasteiger charge is 2.15. The van der Waals surface area contributed by atoms with Gasteiger partial charge in [0.1, 0.15) is 12.1 Å². The number of hydrogen-bond acceptors (Lipinski definition) is 4. The van der Waals surface area contributed by atoms with Crippen LogP contribution in [-0.2, 0) is 0 Å². The van der Waals surface area contributed by atoms with Gasteiger partial charge in [-0.05, 0) is 40.8 Å². The summed E-state index contributed by atoms with van der Waals surface area (Å²) < 4.78 is 15.5. The van der Waals surface area contributed by atoms with Crippen LogP contribution in [0.3, 0.4) is 0 Å². The Balaban J connectivity index is 1.96. The van der Waals surface area contributed by atoms with E-state index in [1.54, 1.807) is 18.2 Å². The third-order valence-electron chi connectivity index (χ3n) is 2.88. The van der Waals surface area contributed by atoms with E-state index in [1.807, 2.05) is 6.07 Å². The molecule has 2 aromatic carbocycles. The summed E-state index contributed by atoms with van der Waals surface area (Å²) >= 11 is 3.33. The van der Waals surface area contributed by atoms with Crippen LogP contribution in [0.5, 0.6) is 0 Å². The van der Waals surface area contributed by atoms with Crippen molar-refractivity contribution in [1.82, 2.24) is 20.2 Å². The highest BCUT2D eigenvalue weighted by atomic mass is 79.9. The van der Waals surface area contributed by atoms with Crippen LogP contribution < -0.4 is 5.32 Å². The number of benzene rings is 2. The SMILES string of the molecule is O=C(Nc1cccc(Br)c1)c1ccc(F)cc1-n1cnnn1. The highest BCUT2D eigenvalue weighted by molar-refractivity contribution is 9.10. The molecule has 0 aliphatic rings. The largest absolute Gasteiger partial charge is 0.322 e. The first-order valence-electron chi connectivity index (χ1n) is 6.23. The maximum Gasteiger partial charge on any atom is 0.257 e. The Hall–Kier alpha value is -2.61. The second-order valence-electron chi connectivity index (χ2n) is 4.38. The first kappa shape index (κ1) is 14.3.